The number of rotatable bonds is 7. The summed E-state index contributed by atoms with van der Waals surface area (Å²) in [5.41, 5.74) is 1.19. The van der Waals surface area contributed by atoms with Crippen molar-refractivity contribution in [2.24, 2.45) is 0 Å². The minimum atomic E-state index is 0.524. The smallest absolute Gasteiger partial charge is 0.108 e. The van der Waals surface area contributed by atoms with Gasteiger partial charge in [0.2, 0.25) is 0 Å². The molecule has 0 amide bonds. The molecule has 0 heterocycles. The Labute approximate surface area is 105 Å². The molecule has 0 aliphatic rings. The van der Waals surface area contributed by atoms with Crippen LogP contribution in [0.15, 0.2) is 43.0 Å². The maximum atomic E-state index is 5.46. The SMILES string of the molecule is C=CCCCCC#CCOCc1ccccc1. The minimum Gasteiger partial charge on any atom is -0.364 e. The summed E-state index contributed by atoms with van der Waals surface area (Å²) in [5, 5.41) is 0. The van der Waals surface area contributed by atoms with E-state index in [-0.39, 0.29) is 0 Å². The Kier molecular flexibility index (Phi) is 7.72. The first kappa shape index (κ1) is 13.5. The van der Waals surface area contributed by atoms with Crippen LogP contribution in [-0.4, -0.2) is 6.61 Å². The van der Waals surface area contributed by atoms with Gasteiger partial charge in [0.05, 0.1) is 6.61 Å². The molecule has 0 aromatic heterocycles. The molecule has 17 heavy (non-hydrogen) atoms. The van der Waals surface area contributed by atoms with E-state index < -0.39 is 0 Å². The van der Waals surface area contributed by atoms with Crippen LogP contribution >= 0.6 is 0 Å². The highest BCUT2D eigenvalue weighted by Gasteiger charge is 1.88. The first-order chi connectivity index (χ1) is 8.43. The molecule has 0 fully saturated rings. The van der Waals surface area contributed by atoms with Crippen molar-refractivity contribution in [1.29, 1.82) is 0 Å². The van der Waals surface area contributed by atoms with E-state index in [0.29, 0.717) is 13.2 Å². The van der Waals surface area contributed by atoms with E-state index >= 15 is 0 Å². The van der Waals surface area contributed by atoms with Gasteiger partial charge in [-0.25, -0.2) is 0 Å². The molecule has 0 saturated heterocycles. The number of unbranched alkanes of at least 4 members (excludes halogenated alkanes) is 3. The molecule has 0 atom stereocenters. The summed E-state index contributed by atoms with van der Waals surface area (Å²) < 4.78 is 5.46. The van der Waals surface area contributed by atoms with Crippen molar-refractivity contribution in [3.05, 3.63) is 48.6 Å². The standard InChI is InChI=1S/C16H20O/c1-2-3-4-5-6-7-11-14-17-15-16-12-9-8-10-13-16/h2,8-10,12-13H,1,3-6,14-15H2. The first-order valence-electron chi connectivity index (χ1n) is 6.12. The lowest BCUT2D eigenvalue weighted by molar-refractivity contribution is 0.153. The molecular formula is C16H20O. The molecule has 1 heteroatoms. The fraction of sp³-hybridized carbons (Fsp3) is 0.375. The Morgan fingerprint density at radius 3 is 2.71 bits per heavy atom. The molecule has 0 unspecified atom stereocenters. The third kappa shape index (κ3) is 7.38. The maximum Gasteiger partial charge on any atom is 0.108 e. The zero-order chi connectivity index (χ0) is 12.2. The van der Waals surface area contributed by atoms with Crippen molar-refractivity contribution >= 4 is 0 Å². The van der Waals surface area contributed by atoms with Gasteiger partial charge in [-0.3, -0.25) is 0 Å². The molecule has 0 aliphatic carbocycles. The van der Waals surface area contributed by atoms with E-state index in [1.807, 2.05) is 24.3 Å². The molecule has 1 aromatic carbocycles. The number of allylic oxidation sites excluding steroid dienone is 1. The van der Waals surface area contributed by atoms with Gasteiger partial charge in [-0.05, 0) is 24.8 Å². The van der Waals surface area contributed by atoms with Gasteiger partial charge in [-0.2, -0.15) is 0 Å². The highest BCUT2D eigenvalue weighted by Crippen LogP contribution is 2.00. The molecule has 0 bridgehead atoms. The Morgan fingerprint density at radius 2 is 1.94 bits per heavy atom. The molecule has 0 N–H and O–H groups in total. The monoisotopic (exact) mass is 228 g/mol. The van der Waals surface area contributed by atoms with E-state index in [1.54, 1.807) is 0 Å². The summed E-state index contributed by atoms with van der Waals surface area (Å²) in [6.07, 6.45) is 6.34. The lowest BCUT2D eigenvalue weighted by atomic mass is 10.2. The second kappa shape index (κ2) is 9.69. The Bertz CT molecular complexity index is 356. The first-order valence-corrected chi connectivity index (χ1v) is 6.12. The normalized spacial score (nSPS) is 9.41. The number of benzene rings is 1. The van der Waals surface area contributed by atoms with E-state index in [0.717, 1.165) is 19.3 Å². The fourth-order valence-corrected chi connectivity index (χ4v) is 1.44. The minimum absolute atomic E-state index is 0.524. The van der Waals surface area contributed by atoms with Gasteiger partial charge in [0, 0.05) is 6.42 Å². The van der Waals surface area contributed by atoms with Crippen LogP contribution in [0.3, 0.4) is 0 Å². The van der Waals surface area contributed by atoms with Crippen molar-refractivity contribution in [2.45, 2.75) is 32.3 Å². The van der Waals surface area contributed by atoms with Gasteiger partial charge in [-0.15, -0.1) is 12.5 Å². The van der Waals surface area contributed by atoms with E-state index in [2.05, 4.69) is 30.6 Å². The summed E-state index contributed by atoms with van der Waals surface area (Å²) in [6.45, 7) is 4.86. The fourth-order valence-electron chi connectivity index (χ4n) is 1.44. The largest absolute Gasteiger partial charge is 0.364 e. The molecule has 90 valence electrons. The van der Waals surface area contributed by atoms with E-state index in [4.69, 9.17) is 4.74 Å². The quantitative estimate of drug-likeness (QED) is 0.390. The second-order valence-electron chi connectivity index (χ2n) is 3.87. The van der Waals surface area contributed by atoms with Crippen LogP contribution in [0.4, 0.5) is 0 Å². The topological polar surface area (TPSA) is 9.23 Å². The average Bonchev–Trinajstić information content (AvgIpc) is 2.38. The third-order valence-corrected chi connectivity index (χ3v) is 2.37. The molecule has 1 nitrogen and oxygen atoms in total. The van der Waals surface area contributed by atoms with Gasteiger partial charge < -0.3 is 4.74 Å². The zero-order valence-corrected chi connectivity index (χ0v) is 10.3. The van der Waals surface area contributed by atoms with Crippen molar-refractivity contribution in [3.63, 3.8) is 0 Å². The highest BCUT2D eigenvalue weighted by molar-refractivity contribution is 5.13. The molecular weight excluding hydrogens is 208 g/mol. The zero-order valence-electron chi connectivity index (χ0n) is 10.3. The second-order valence-corrected chi connectivity index (χ2v) is 3.87. The Hall–Kier alpha value is -1.52. The Morgan fingerprint density at radius 1 is 1.12 bits per heavy atom. The van der Waals surface area contributed by atoms with Crippen molar-refractivity contribution < 1.29 is 4.74 Å². The molecule has 0 aliphatic heterocycles. The van der Waals surface area contributed by atoms with E-state index in [9.17, 15) is 0 Å². The molecule has 0 spiro atoms. The Balaban J connectivity index is 2.00. The molecule has 0 saturated carbocycles. The van der Waals surface area contributed by atoms with Crippen LogP contribution < -0.4 is 0 Å². The number of ether oxygens (including phenoxy) is 1. The average molecular weight is 228 g/mol. The van der Waals surface area contributed by atoms with Gasteiger partial charge in [0.1, 0.15) is 6.61 Å². The van der Waals surface area contributed by atoms with Gasteiger partial charge >= 0.3 is 0 Å². The molecule has 0 radical (unpaired) electrons. The number of hydrogen-bond acceptors (Lipinski definition) is 1. The summed E-state index contributed by atoms with van der Waals surface area (Å²) in [6, 6.07) is 10.2. The lowest BCUT2D eigenvalue weighted by Gasteiger charge is -1.99. The van der Waals surface area contributed by atoms with Crippen molar-refractivity contribution in [1.82, 2.24) is 0 Å². The predicted molar refractivity (Wildman–Crippen MR) is 72.5 cm³/mol. The van der Waals surface area contributed by atoms with Crippen LogP contribution in [0.5, 0.6) is 0 Å². The summed E-state index contributed by atoms with van der Waals surface area (Å²) in [5.74, 6) is 6.16. The van der Waals surface area contributed by atoms with E-state index in [1.165, 1.54) is 12.0 Å². The highest BCUT2D eigenvalue weighted by atomic mass is 16.5. The van der Waals surface area contributed by atoms with Crippen LogP contribution in [0, 0.1) is 11.8 Å². The van der Waals surface area contributed by atoms with Gasteiger partial charge in [0.25, 0.3) is 0 Å². The predicted octanol–water partition coefficient (Wildman–Crippen LogP) is 3.95. The number of hydrogen-bond donors (Lipinski definition) is 0. The summed E-state index contributed by atoms with van der Waals surface area (Å²) >= 11 is 0. The molecule has 1 aromatic rings. The van der Waals surface area contributed by atoms with Gasteiger partial charge in [-0.1, -0.05) is 42.3 Å². The lowest BCUT2D eigenvalue weighted by Crippen LogP contribution is -1.92. The summed E-state index contributed by atoms with van der Waals surface area (Å²) in [4.78, 5) is 0. The maximum absolute atomic E-state index is 5.46. The van der Waals surface area contributed by atoms with Crippen molar-refractivity contribution in [3.8, 4) is 11.8 Å². The van der Waals surface area contributed by atoms with Crippen LogP contribution in [0.2, 0.25) is 0 Å². The van der Waals surface area contributed by atoms with Crippen LogP contribution in [-0.2, 0) is 11.3 Å². The summed E-state index contributed by atoms with van der Waals surface area (Å²) in [7, 11) is 0. The third-order valence-electron chi connectivity index (χ3n) is 2.37. The van der Waals surface area contributed by atoms with Crippen molar-refractivity contribution in [2.75, 3.05) is 6.61 Å². The van der Waals surface area contributed by atoms with Crippen LogP contribution in [0.25, 0.3) is 0 Å². The molecule has 1 rings (SSSR count). The van der Waals surface area contributed by atoms with Crippen LogP contribution in [0.1, 0.15) is 31.2 Å². The van der Waals surface area contributed by atoms with Gasteiger partial charge in [0.15, 0.2) is 0 Å².